The van der Waals surface area contributed by atoms with Crippen LogP contribution in [0, 0.1) is 0 Å². The van der Waals surface area contributed by atoms with Gasteiger partial charge in [0.2, 0.25) is 0 Å². The largest absolute Gasteiger partial charge is 0.493 e. The maximum Gasteiger partial charge on any atom is 0.119 e. The number of rotatable bonds is 8. The lowest BCUT2D eigenvalue weighted by molar-refractivity contribution is 0.321. The molecule has 0 unspecified atom stereocenters. The third-order valence-corrected chi connectivity index (χ3v) is 3.16. The first kappa shape index (κ1) is 14.6. The molecule has 0 heterocycles. The summed E-state index contributed by atoms with van der Waals surface area (Å²) in [6, 6.07) is 18.8. The van der Waals surface area contributed by atoms with E-state index in [-0.39, 0.29) is 0 Å². The highest BCUT2D eigenvalue weighted by atomic mass is 16.5. The normalized spacial score (nSPS) is 10.4. The van der Waals surface area contributed by atoms with Gasteiger partial charge in [0, 0.05) is 13.0 Å². The Labute approximate surface area is 121 Å². The summed E-state index contributed by atoms with van der Waals surface area (Å²) in [7, 11) is 0. The second-order valence-electron chi connectivity index (χ2n) is 4.91. The van der Waals surface area contributed by atoms with Crippen molar-refractivity contribution in [3.63, 3.8) is 0 Å². The molecular weight excluding hydrogens is 246 g/mol. The summed E-state index contributed by atoms with van der Waals surface area (Å²) in [5, 5.41) is 3.40. The molecule has 0 aromatic heterocycles. The monoisotopic (exact) mass is 269 g/mol. The molecule has 106 valence electrons. The van der Waals surface area contributed by atoms with Gasteiger partial charge in [-0.3, -0.25) is 0 Å². The molecule has 0 saturated carbocycles. The van der Waals surface area contributed by atoms with Crippen LogP contribution in [0.4, 0.5) is 0 Å². The van der Waals surface area contributed by atoms with E-state index >= 15 is 0 Å². The standard InChI is InChI=1S/C18H23NO/c1-2-12-19-15-17-9-6-10-18(14-17)20-13-11-16-7-4-3-5-8-16/h3-10,14,19H,2,11-13,15H2,1H3. The first-order valence-electron chi connectivity index (χ1n) is 7.35. The number of hydrogen-bond acceptors (Lipinski definition) is 2. The van der Waals surface area contributed by atoms with Gasteiger partial charge in [0.25, 0.3) is 0 Å². The van der Waals surface area contributed by atoms with Crippen LogP contribution in [0.15, 0.2) is 54.6 Å². The molecular formula is C18H23NO. The van der Waals surface area contributed by atoms with E-state index in [4.69, 9.17) is 4.74 Å². The predicted octanol–water partition coefficient (Wildman–Crippen LogP) is 3.81. The Morgan fingerprint density at radius 2 is 1.75 bits per heavy atom. The lowest BCUT2D eigenvalue weighted by atomic mass is 10.2. The molecule has 0 bridgehead atoms. The van der Waals surface area contributed by atoms with E-state index in [1.54, 1.807) is 0 Å². The highest BCUT2D eigenvalue weighted by Crippen LogP contribution is 2.13. The molecule has 0 spiro atoms. The van der Waals surface area contributed by atoms with Gasteiger partial charge in [-0.25, -0.2) is 0 Å². The minimum atomic E-state index is 0.718. The van der Waals surface area contributed by atoms with E-state index in [0.717, 1.165) is 38.3 Å². The Bertz CT molecular complexity index is 496. The lowest BCUT2D eigenvalue weighted by Gasteiger charge is -2.09. The maximum atomic E-state index is 5.83. The average molecular weight is 269 g/mol. The smallest absolute Gasteiger partial charge is 0.119 e. The molecule has 20 heavy (non-hydrogen) atoms. The molecule has 0 fully saturated rings. The van der Waals surface area contributed by atoms with Crippen LogP contribution in [0.2, 0.25) is 0 Å². The van der Waals surface area contributed by atoms with E-state index < -0.39 is 0 Å². The second-order valence-corrected chi connectivity index (χ2v) is 4.91. The molecule has 0 aliphatic heterocycles. The highest BCUT2D eigenvalue weighted by Gasteiger charge is 1.98. The van der Waals surface area contributed by atoms with Crippen LogP contribution in [0.25, 0.3) is 0 Å². The van der Waals surface area contributed by atoms with Crippen molar-refractivity contribution in [1.82, 2.24) is 5.32 Å². The van der Waals surface area contributed by atoms with E-state index in [0.29, 0.717) is 0 Å². The first-order chi connectivity index (χ1) is 9.88. The van der Waals surface area contributed by atoms with Crippen molar-refractivity contribution in [2.45, 2.75) is 26.3 Å². The Morgan fingerprint density at radius 3 is 2.55 bits per heavy atom. The Morgan fingerprint density at radius 1 is 0.950 bits per heavy atom. The summed E-state index contributed by atoms with van der Waals surface area (Å²) in [5.74, 6) is 0.955. The molecule has 2 heteroatoms. The lowest BCUT2D eigenvalue weighted by Crippen LogP contribution is -2.13. The predicted molar refractivity (Wildman–Crippen MR) is 84.1 cm³/mol. The Balaban J connectivity index is 1.79. The molecule has 2 aromatic rings. The number of nitrogens with one attached hydrogen (secondary N) is 1. The van der Waals surface area contributed by atoms with Crippen LogP contribution in [0.1, 0.15) is 24.5 Å². The fourth-order valence-electron chi connectivity index (χ4n) is 2.09. The van der Waals surface area contributed by atoms with Gasteiger partial charge in [-0.2, -0.15) is 0 Å². The van der Waals surface area contributed by atoms with Crippen LogP contribution in [0.5, 0.6) is 5.75 Å². The van der Waals surface area contributed by atoms with E-state index in [2.05, 4.69) is 54.7 Å². The molecule has 0 aliphatic rings. The minimum absolute atomic E-state index is 0.718. The third-order valence-electron chi connectivity index (χ3n) is 3.16. The van der Waals surface area contributed by atoms with Crippen molar-refractivity contribution < 1.29 is 4.74 Å². The molecule has 2 nitrogen and oxygen atoms in total. The summed E-state index contributed by atoms with van der Waals surface area (Å²) in [4.78, 5) is 0. The van der Waals surface area contributed by atoms with Crippen LogP contribution in [0.3, 0.4) is 0 Å². The van der Waals surface area contributed by atoms with Crippen molar-refractivity contribution in [2.75, 3.05) is 13.2 Å². The fourth-order valence-corrected chi connectivity index (χ4v) is 2.09. The van der Waals surface area contributed by atoms with Gasteiger partial charge < -0.3 is 10.1 Å². The van der Waals surface area contributed by atoms with Crippen LogP contribution < -0.4 is 10.1 Å². The van der Waals surface area contributed by atoms with Gasteiger partial charge in [0.05, 0.1) is 6.61 Å². The molecule has 0 saturated heterocycles. The fraction of sp³-hybridized carbons (Fsp3) is 0.333. The van der Waals surface area contributed by atoms with Crippen molar-refractivity contribution >= 4 is 0 Å². The molecule has 2 aromatic carbocycles. The van der Waals surface area contributed by atoms with Gasteiger partial charge in [-0.15, -0.1) is 0 Å². The summed E-state index contributed by atoms with van der Waals surface area (Å²) in [6.07, 6.45) is 2.10. The van der Waals surface area contributed by atoms with Gasteiger partial charge in [0.1, 0.15) is 5.75 Å². The first-order valence-corrected chi connectivity index (χ1v) is 7.35. The number of hydrogen-bond donors (Lipinski definition) is 1. The van der Waals surface area contributed by atoms with Gasteiger partial charge in [-0.05, 0) is 36.2 Å². The van der Waals surface area contributed by atoms with Crippen molar-refractivity contribution in [3.05, 3.63) is 65.7 Å². The minimum Gasteiger partial charge on any atom is -0.493 e. The number of ether oxygens (including phenoxy) is 1. The van der Waals surface area contributed by atoms with E-state index in [1.165, 1.54) is 11.1 Å². The summed E-state index contributed by atoms with van der Waals surface area (Å²) < 4.78 is 5.83. The van der Waals surface area contributed by atoms with Crippen molar-refractivity contribution in [3.8, 4) is 5.75 Å². The van der Waals surface area contributed by atoms with Crippen LogP contribution >= 0.6 is 0 Å². The van der Waals surface area contributed by atoms with Gasteiger partial charge in [0.15, 0.2) is 0 Å². The zero-order valence-electron chi connectivity index (χ0n) is 12.1. The zero-order chi connectivity index (χ0) is 14.0. The molecule has 0 amide bonds. The highest BCUT2D eigenvalue weighted by molar-refractivity contribution is 5.28. The van der Waals surface area contributed by atoms with Crippen LogP contribution in [-0.4, -0.2) is 13.2 Å². The average Bonchev–Trinajstić information content (AvgIpc) is 2.49. The number of benzene rings is 2. The molecule has 2 rings (SSSR count). The molecule has 0 aliphatic carbocycles. The third kappa shape index (κ3) is 5.06. The maximum absolute atomic E-state index is 5.83. The van der Waals surface area contributed by atoms with E-state index in [1.807, 2.05) is 12.1 Å². The SMILES string of the molecule is CCCNCc1cccc(OCCc2ccccc2)c1. The molecule has 0 atom stereocenters. The Kier molecular flexibility index (Phi) is 6.12. The summed E-state index contributed by atoms with van der Waals surface area (Å²) in [5.41, 5.74) is 2.59. The van der Waals surface area contributed by atoms with Gasteiger partial charge >= 0.3 is 0 Å². The van der Waals surface area contributed by atoms with E-state index in [9.17, 15) is 0 Å². The molecule has 0 radical (unpaired) electrons. The quantitative estimate of drug-likeness (QED) is 0.736. The molecule has 1 N–H and O–H groups in total. The zero-order valence-corrected chi connectivity index (χ0v) is 12.1. The topological polar surface area (TPSA) is 21.3 Å². The second kappa shape index (κ2) is 8.39. The Hall–Kier alpha value is -1.80. The van der Waals surface area contributed by atoms with Crippen LogP contribution in [-0.2, 0) is 13.0 Å². The van der Waals surface area contributed by atoms with Crippen molar-refractivity contribution in [1.29, 1.82) is 0 Å². The summed E-state index contributed by atoms with van der Waals surface area (Å²) in [6.45, 7) is 4.86. The van der Waals surface area contributed by atoms with Crippen molar-refractivity contribution in [2.24, 2.45) is 0 Å². The van der Waals surface area contributed by atoms with Gasteiger partial charge in [-0.1, -0.05) is 49.4 Å². The summed E-state index contributed by atoms with van der Waals surface area (Å²) >= 11 is 0.